The number of nitrogens with zero attached hydrogens (tertiary/aromatic N) is 2. The molecule has 44 heavy (non-hydrogen) atoms. The number of oxime groups is 1. The number of aliphatic hydroxyl groups excluding tert-OH is 1. The van der Waals surface area contributed by atoms with Gasteiger partial charge in [0, 0.05) is 19.0 Å². The van der Waals surface area contributed by atoms with Crippen LogP contribution >= 0.6 is 0 Å². The first-order valence-electron chi connectivity index (χ1n) is 16.0. The van der Waals surface area contributed by atoms with Crippen LogP contribution in [-0.2, 0) is 30.3 Å². The molecule has 2 unspecified atom stereocenters. The number of aryl methyl sites for hydroxylation is 3. The van der Waals surface area contributed by atoms with Crippen molar-refractivity contribution in [3.05, 3.63) is 94.5 Å². The molecule has 2 aromatic rings. The molecule has 1 fully saturated rings. The molecule has 1 saturated heterocycles. The molecule has 8 heteroatoms. The van der Waals surface area contributed by atoms with E-state index in [0.717, 1.165) is 57.1 Å². The summed E-state index contributed by atoms with van der Waals surface area (Å²) in [5.74, 6) is 1.22. The highest BCUT2D eigenvalue weighted by atomic mass is 19.4. The standard InChI is InChI=1S/C32H42F3N3O.C4H10O/c1-5-7-10-25-12-14-26(15-13-25)16-17-27-18-19-28(21-31(27)32(33,34)35)23(3)37-39-30(9-6-2)22-29-11-8-20-38(29)24(4)36;1-3-4(2)5/h9,12-15,18-19,21,29H,4-8,10-11,16-17,20,22,36H2,1-3H3;4-5H,3H2,1-2H3/b30-9+,37-23+;. The Bertz CT molecular complexity index is 1220. The molecule has 0 saturated carbocycles. The highest BCUT2D eigenvalue weighted by Gasteiger charge is 2.33. The van der Waals surface area contributed by atoms with E-state index in [4.69, 9.17) is 15.7 Å². The lowest BCUT2D eigenvalue weighted by Crippen LogP contribution is -2.32. The van der Waals surface area contributed by atoms with Crippen LogP contribution in [0.3, 0.4) is 0 Å². The summed E-state index contributed by atoms with van der Waals surface area (Å²) in [6.07, 6.45) is 5.77. The van der Waals surface area contributed by atoms with Crippen LogP contribution in [0.2, 0.25) is 0 Å². The van der Waals surface area contributed by atoms with Crippen molar-refractivity contribution in [3.63, 3.8) is 0 Å². The van der Waals surface area contributed by atoms with E-state index in [1.807, 2.05) is 32.1 Å². The smallest absolute Gasteiger partial charge is 0.393 e. The van der Waals surface area contributed by atoms with Gasteiger partial charge in [-0.1, -0.05) is 75.3 Å². The van der Waals surface area contributed by atoms with Crippen molar-refractivity contribution >= 4 is 5.71 Å². The van der Waals surface area contributed by atoms with Crippen LogP contribution in [0, 0.1) is 0 Å². The molecule has 244 valence electrons. The third kappa shape index (κ3) is 12.4. The summed E-state index contributed by atoms with van der Waals surface area (Å²) in [6.45, 7) is 14.3. The Morgan fingerprint density at radius 1 is 1.11 bits per heavy atom. The zero-order valence-corrected chi connectivity index (χ0v) is 27.2. The number of alkyl halides is 3. The first-order valence-corrected chi connectivity index (χ1v) is 16.0. The topological polar surface area (TPSA) is 71.1 Å². The van der Waals surface area contributed by atoms with Crippen molar-refractivity contribution in [2.45, 2.75) is 117 Å². The van der Waals surface area contributed by atoms with Gasteiger partial charge in [0.05, 0.1) is 23.2 Å². The summed E-state index contributed by atoms with van der Waals surface area (Å²) in [5.41, 5.74) is 8.66. The van der Waals surface area contributed by atoms with Gasteiger partial charge in [-0.2, -0.15) is 13.2 Å². The maximum atomic E-state index is 14.0. The first-order chi connectivity index (χ1) is 20.9. The molecule has 0 aliphatic carbocycles. The fourth-order valence-electron chi connectivity index (χ4n) is 5.04. The summed E-state index contributed by atoms with van der Waals surface area (Å²) in [7, 11) is 0. The second kappa shape index (κ2) is 18.5. The van der Waals surface area contributed by atoms with E-state index in [1.54, 1.807) is 26.0 Å². The summed E-state index contributed by atoms with van der Waals surface area (Å²) in [4.78, 5) is 7.82. The lowest BCUT2D eigenvalue weighted by atomic mass is 9.96. The largest absolute Gasteiger partial charge is 0.416 e. The summed E-state index contributed by atoms with van der Waals surface area (Å²) >= 11 is 0. The minimum atomic E-state index is -4.46. The van der Waals surface area contributed by atoms with Crippen LogP contribution in [0.5, 0.6) is 0 Å². The summed E-state index contributed by atoms with van der Waals surface area (Å²) in [5, 5.41) is 12.6. The monoisotopic (exact) mass is 615 g/mol. The Labute approximate surface area is 262 Å². The zero-order chi connectivity index (χ0) is 32.7. The molecule has 0 radical (unpaired) electrons. The van der Waals surface area contributed by atoms with Crippen LogP contribution in [0.1, 0.15) is 107 Å². The SMILES string of the molecule is C=C(N)N1CCCC1C/C(=C\CC)O/N=C(\C)c1ccc(CCc2ccc(CCCC)cc2)c(C(F)(F)F)c1.CCC(C)O. The van der Waals surface area contributed by atoms with E-state index in [9.17, 15) is 13.2 Å². The second-order valence-corrected chi connectivity index (χ2v) is 11.6. The van der Waals surface area contributed by atoms with E-state index in [1.165, 1.54) is 11.6 Å². The summed E-state index contributed by atoms with van der Waals surface area (Å²) < 4.78 is 42.1. The average Bonchev–Trinajstić information content (AvgIpc) is 3.46. The highest BCUT2D eigenvalue weighted by molar-refractivity contribution is 5.98. The van der Waals surface area contributed by atoms with Crippen molar-refractivity contribution < 1.29 is 23.1 Å². The normalized spacial score (nSPS) is 16.4. The van der Waals surface area contributed by atoms with Crippen molar-refractivity contribution in [1.82, 2.24) is 4.90 Å². The Balaban J connectivity index is 0.00000125. The van der Waals surface area contributed by atoms with E-state index in [0.29, 0.717) is 42.1 Å². The lowest BCUT2D eigenvalue weighted by molar-refractivity contribution is -0.138. The number of unbranched alkanes of at least 4 members (excludes halogenated alkanes) is 1. The predicted octanol–water partition coefficient (Wildman–Crippen LogP) is 8.93. The molecule has 2 aromatic carbocycles. The Morgan fingerprint density at radius 2 is 1.75 bits per heavy atom. The number of likely N-dealkylation sites (tertiary alicyclic amines) is 1. The molecule has 1 heterocycles. The van der Waals surface area contributed by atoms with E-state index < -0.39 is 11.7 Å². The molecule has 2 atom stereocenters. The number of aliphatic hydroxyl groups is 1. The molecule has 0 aromatic heterocycles. The number of rotatable bonds is 14. The van der Waals surface area contributed by atoms with Gasteiger partial charge in [0.25, 0.3) is 0 Å². The third-order valence-corrected chi connectivity index (χ3v) is 7.86. The predicted molar refractivity (Wildman–Crippen MR) is 175 cm³/mol. The average molecular weight is 616 g/mol. The Morgan fingerprint density at radius 3 is 2.30 bits per heavy atom. The van der Waals surface area contributed by atoms with Crippen molar-refractivity contribution in [2.75, 3.05) is 6.54 Å². The molecule has 1 aliphatic rings. The van der Waals surface area contributed by atoms with Crippen LogP contribution in [0.15, 0.2) is 71.9 Å². The minimum absolute atomic E-state index is 0.116. The van der Waals surface area contributed by atoms with Gasteiger partial charge in [-0.05, 0) is 99.6 Å². The van der Waals surface area contributed by atoms with Crippen LogP contribution in [0.25, 0.3) is 0 Å². The molecular weight excluding hydrogens is 563 g/mol. The Hall–Kier alpha value is -3.26. The van der Waals surface area contributed by atoms with Gasteiger partial charge in [-0.15, -0.1) is 0 Å². The third-order valence-electron chi connectivity index (χ3n) is 7.86. The number of hydrogen-bond acceptors (Lipinski definition) is 5. The van der Waals surface area contributed by atoms with Crippen LogP contribution in [-0.4, -0.2) is 34.4 Å². The number of nitrogens with two attached hydrogens (primary N) is 1. The lowest BCUT2D eigenvalue weighted by Gasteiger charge is -2.26. The maximum absolute atomic E-state index is 14.0. The van der Waals surface area contributed by atoms with Crippen molar-refractivity contribution in [3.8, 4) is 0 Å². The Kier molecular flexibility index (Phi) is 15.5. The van der Waals surface area contributed by atoms with Gasteiger partial charge >= 0.3 is 6.18 Å². The van der Waals surface area contributed by atoms with E-state index in [-0.39, 0.29) is 17.7 Å². The number of allylic oxidation sites excluding steroid dienone is 1. The van der Waals surface area contributed by atoms with E-state index in [2.05, 4.69) is 35.7 Å². The van der Waals surface area contributed by atoms with Gasteiger partial charge in [0.15, 0.2) is 0 Å². The van der Waals surface area contributed by atoms with Gasteiger partial charge in [-0.25, -0.2) is 0 Å². The van der Waals surface area contributed by atoms with Gasteiger partial charge in [0.1, 0.15) is 5.76 Å². The second-order valence-electron chi connectivity index (χ2n) is 11.6. The number of halogens is 3. The highest BCUT2D eigenvalue weighted by Crippen LogP contribution is 2.34. The van der Waals surface area contributed by atoms with Crippen molar-refractivity contribution in [2.24, 2.45) is 10.9 Å². The number of hydrogen-bond donors (Lipinski definition) is 2. The van der Waals surface area contributed by atoms with Gasteiger partial charge < -0.3 is 20.6 Å². The molecule has 3 N–H and O–H groups in total. The number of benzene rings is 2. The molecule has 3 rings (SSSR count). The van der Waals surface area contributed by atoms with Gasteiger partial charge in [-0.3, -0.25) is 0 Å². The minimum Gasteiger partial charge on any atom is -0.393 e. The fourth-order valence-corrected chi connectivity index (χ4v) is 5.04. The van der Waals surface area contributed by atoms with E-state index >= 15 is 0 Å². The summed E-state index contributed by atoms with van der Waals surface area (Å²) in [6, 6.07) is 12.8. The van der Waals surface area contributed by atoms with Crippen LogP contribution < -0.4 is 5.73 Å². The van der Waals surface area contributed by atoms with Gasteiger partial charge in [0.2, 0.25) is 0 Å². The van der Waals surface area contributed by atoms with Crippen molar-refractivity contribution in [1.29, 1.82) is 0 Å². The zero-order valence-electron chi connectivity index (χ0n) is 27.2. The quantitative estimate of drug-likeness (QED) is 0.126. The molecule has 0 amide bonds. The molecule has 5 nitrogen and oxygen atoms in total. The van der Waals surface area contributed by atoms with Crippen LogP contribution in [0.4, 0.5) is 13.2 Å². The molecule has 0 bridgehead atoms. The first kappa shape index (κ1) is 36.9. The molecular formula is C36H52F3N3O2. The molecule has 1 aliphatic heterocycles. The maximum Gasteiger partial charge on any atom is 0.416 e. The molecule has 0 spiro atoms. The fraction of sp³-hybridized carbons (Fsp3) is 0.528.